The highest BCUT2D eigenvalue weighted by Crippen LogP contribution is 1.97. The Bertz CT molecular complexity index is 419. The monoisotopic (exact) mass is 278 g/mol. The molecular weight excluding hydrogens is 260 g/mol. The zero-order valence-electron chi connectivity index (χ0n) is 11.0. The Hall–Kier alpha value is -2.66. The third-order valence-corrected chi connectivity index (χ3v) is 1.53. The van der Waals surface area contributed by atoms with Crippen molar-refractivity contribution in [3.05, 3.63) is 67.3 Å². The Balaban J connectivity index is 0. The van der Waals surface area contributed by atoms with Gasteiger partial charge in [-0.25, -0.2) is 9.59 Å². The van der Waals surface area contributed by atoms with Gasteiger partial charge in [-0.15, -0.1) is 6.58 Å². The van der Waals surface area contributed by atoms with E-state index in [1.807, 2.05) is 36.4 Å². The first-order chi connectivity index (χ1) is 9.47. The summed E-state index contributed by atoms with van der Waals surface area (Å²) < 4.78 is 0. The Morgan fingerprint density at radius 3 is 1.60 bits per heavy atom. The van der Waals surface area contributed by atoms with Gasteiger partial charge in [-0.1, -0.05) is 49.1 Å². The number of hydrogen-bond donors (Lipinski definition) is 3. The van der Waals surface area contributed by atoms with Crippen LogP contribution in [0.4, 0.5) is 0 Å². The Morgan fingerprint density at radius 1 is 1.00 bits per heavy atom. The molecule has 3 N–H and O–H groups in total. The van der Waals surface area contributed by atoms with Gasteiger partial charge in [0.05, 0.1) is 6.61 Å². The number of rotatable bonds is 4. The molecule has 0 aliphatic heterocycles. The SMILES string of the molecule is C=CCO.C=Cc1ccccc1.O=C(O)/C=C/C(=O)O. The molecule has 1 aromatic carbocycles. The van der Waals surface area contributed by atoms with Crippen molar-refractivity contribution >= 4 is 18.0 Å². The van der Waals surface area contributed by atoms with Crippen LogP contribution in [-0.2, 0) is 9.59 Å². The topological polar surface area (TPSA) is 94.8 Å². The molecule has 0 spiro atoms. The molecule has 1 rings (SSSR count). The molecule has 0 bridgehead atoms. The summed E-state index contributed by atoms with van der Waals surface area (Å²) in [6, 6.07) is 10.0. The molecule has 0 heterocycles. The van der Waals surface area contributed by atoms with Gasteiger partial charge in [0.15, 0.2) is 0 Å². The van der Waals surface area contributed by atoms with Crippen LogP contribution in [0, 0.1) is 0 Å². The fraction of sp³-hybridized carbons (Fsp3) is 0.0667. The van der Waals surface area contributed by atoms with E-state index in [0.717, 1.165) is 0 Å². The van der Waals surface area contributed by atoms with E-state index in [1.165, 1.54) is 11.6 Å². The molecule has 0 aliphatic rings. The lowest BCUT2D eigenvalue weighted by Gasteiger charge is -1.85. The fourth-order valence-electron chi connectivity index (χ4n) is 0.732. The molecule has 0 aromatic heterocycles. The molecule has 0 saturated carbocycles. The Labute approximate surface area is 117 Å². The molecule has 108 valence electrons. The van der Waals surface area contributed by atoms with Gasteiger partial charge in [0.2, 0.25) is 0 Å². The summed E-state index contributed by atoms with van der Waals surface area (Å²) in [5.41, 5.74) is 1.17. The van der Waals surface area contributed by atoms with E-state index < -0.39 is 11.9 Å². The number of benzene rings is 1. The first-order valence-corrected chi connectivity index (χ1v) is 5.51. The Kier molecular flexibility index (Phi) is 14.2. The number of aliphatic hydroxyl groups is 1. The summed E-state index contributed by atoms with van der Waals surface area (Å²) in [5.74, 6) is -2.51. The second-order valence-electron chi connectivity index (χ2n) is 3.10. The van der Waals surface area contributed by atoms with E-state index in [2.05, 4.69) is 13.2 Å². The van der Waals surface area contributed by atoms with Crippen molar-refractivity contribution < 1.29 is 24.9 Å². The van der Waals surface area contributed by atoms with Crippen molar-refractivity contribution in [3.8, 4) is 0 Å². The van der Waals surface area contributed by atoms with E-state index in [4.69, 9.17) is 15.3 Å². The van der Waals surface area contributed by atoms with Gasteiger partial charge in [-0.05, 0) is 5.56 Å². The lowest BCUT2D eigenvalue weighted by molar-refractivity contribution is -0.134. The quantitative estimate of drug-likeness (QED) is 0.579. The fourth-order valence-corrected chi connectivity index (χ4v) is 0.732. The molecule has 0 aliphatic carbocycles. The summed E-state index contributed by atoms with van der Waals surface area (Å²) in [5, 5.41) is 23.4. The first kappa shape index (κ1) is 19.7. The van der Waals surface area contributed by atoms with Crippen molar-refractivity contribution in [1.82, 2.24) is 0 Å². The van der Waals surface area contributed by atoms with Crippen LogP contribution >= 0.6 is 0 Å². The molecule has 1 aromatic rings. The van der Waals surface area contributed by atoms with Gasteiger partial charge in [-0.2, -0.15) is 0 Å². The van der Waals surface area contributed by atoms with Crippen LogP contribution < -0.4 is 0 Å². The second kappa shape index (κ2) is 14.4. The molecule has 0 unspecified atom stereocenters. The second-order valence-corrected chi connectivity index (χ2v) is 3.10. The van der Waals surface area contributed by atoms with Crippen molar-refractivity contribution in [3.63, 3.8) is 0 Å². The minimum absolute atomic E-state index is 0.0833. The molecule has 20 heavy (non-hydrogen) atoms. The maximum absolute atomic E-state index is 9.55. The average Bonchev–Trinajstić information content (AvgIpc) is 2.47. The van der Waals surface area contributed by atoms with E-state index in [1.54, 1.807) is 0 Å². The summed E-state index contributed by atoms with van der Waals surface area (Å²) in [7, 11) is 0. The summed E-state index contributed by atoms with van der Waals surface area (Å²) in [6.07, 6.45) is 4.38. The van der Waals surface area contributed by atoms with Crippen LogP contribution in [0.3, 0.4) is 0 Å². The maximum Gasteiger partial charge on any atom is 0.328 e. The summed E-state index contributed by atoms with van der Waals surface area (Å²) >= 11 is 0. The molecule has 0 amide bonds. The average molecular weight is 278 g/mol. The van der Waals surface area contributed by atoms with Crippen molar-refractivity contribution in [1.29, 1.82) is 0 Å². The molecule has 0 saturated heterocycles. The van der Waals surface area contributed by atoms with Gasteiger partial charge < -0.3 is 15.3 Å². The first-order valence-electron chi connectivity index (χ1n) is 5.51. The van der Waals surface area contributed by atoms with Gasteiger partial charge in [0.25, 0.3) is 0 Å². The smallest absolute Gasteiger partial charge is 0.328 e. The molecule has 0 atom stereocenters. The summed E-state index contributed by atoms with van der Waals surface area (Å²) in [6.45, 7) is 6.94. The minimum atomic E-state index is -1.26. The van der Waals surface area contributed by atoms with Gasteiger partial charge >= 0.3 is 11.9 Å². The van der Waals surface area contributed by atoms with E-state index in [9.17, 15) is 9.59 Å². The van der Waals surface area contributed by atoms with E-state index in [0.29, 0.717) is 12.2 Å². The normalized spacial score (nSPS) is 8.45. The zero-order valence-corrected chi connectivity index (χ0v) is 11.0. The zero-order chi connectivity index (χ0) is 15.8. The standard InChI is InChI=1S/C8H8.C4H4O4.C3H6O/c1-2-8-6-4-3-5-7-8;5-3(6)1-2-4(7)8;1-2-3-4/h2-7H,1H2;1-2H,(H,5,6)(H,7,8);2,4H,1,3H2/b;2-1+;. The Morgan fingerprint density at radius 2 is 1.40 bits per heavy atom. The van der Waals surface area contributed by atoms with E-state index >= 15 is 0 Å². The lowest BCUT2D eigenvalue weighted by Crippen LogP contribution is -1.91. The number of hydrogen-bond acceptors (Lipinski definition) is 3. The van der Waals surface area contributed by atoms with Crippen LogP contribution in [0.25, 0.3) is 6.08 Å². The highest BCUT2D eigenvalue weighted by Gasteiger charge is 1.88. The number of aliphatic carboxylic acids is 2. The minimum Gasteiger partial charge on any atom is -0.478 e. The van der Waals surface area contributed by atoms with Crippen molar-refractivity contribution in [2.45, 2.75) is 0 Å². The van der Waals surface area contributed by atoms with Crippen LogP contribution in [0.5, 0.6) is 0 Å². The van der Waals surface area contributed by atoms with Crippen molar-refractivity contribution in [2.24, 2.45) is 0 Å². The summed E-state index contributed by atoms with van der Waals surface area (Å²) in [4.78, 5) is 19.1. The third-order valence-electron chi connectivity index (χ3n) is 1.53. The molecular formula is C15H18O5. The maximum atomic E-state index is 9.55. The molecule has 5 heteroatoms. The van der Waals surface area contributed by atoms with Gasteiger partial charge in [0, 0.05) is 12.2 Å². The number of carbonyl (C=O) groups is 2. The number of aliphatic hydroxyl groups excluding tert-OH is 1. The van der Waals surface area contributed by atoms with Crippen LogP contribution in [0.2, 0.25) is 0 Å². The van der Waals surface area contributed by atoms with Crippen LogP contribution in [0.15, 0.2) is 61.7 Å². The predicted molar refractivity (Wildman–Crippen MR) is 78.2 cm³/mol. The van der Waals surface area contributed by atoms with Crippen LogP contribution in [0.1, 0.15) is 5.56 Å². The third kappa shape index (κ3) is 17.7. The molecule has 0 fully saturated rings. The van der Waals surface area contributed by atoms with Gasteiger partial charge in [0.1, 0.15) is 0 Å². The largest absolute Gasteiger partial charge is 0.478 e. The molecule has 0 radical (unpaired) electrons. The van der Waals surface area contributed by atoms with Crippen molar-refractivity contribution in [2.75, 3.05) is 6.61 Å². The highest BCUT2D eigenvalue weighted by molar-refractivity contribution is 5.89. The molecule has 5 nitrogen and oxygen atoms in total. The lowest BCUT2D eigenvalue weighted by atomic mass is 10.2. The van der Waals surface area contributed by atoms with Gasteiger partial charge in [-0.3, -0.25) is 0 Å². The highest BCUT2D eigenvalue weighted by atomic mass is 16.4. The number of carboxylic acid groups (broad SMARTS) is 2. The number of carboxylic acids is 2. The van der Waals surface area contributed by atoms with Crippen LogP contribution in [-0.4, -0.2) is 33.9 Å². The van der Waals surface area contributed by atoms with E-state index in [-0.39, 0.29) is 6.61 Å². The predicted octanol–water partition coefficient (Wildman–Crippen LogP) is 2.21.